The number of carbonyl (C=O) groups is 1. The molecule has 1 aliphatic heterocycles. The molecule has 2 N–H and O–H groups in total. The second kappa shape index (κ2) is 13.3. The average Bonchev–Trinajstić information content (AvgIpc) is 3.00. The van der Waals surface area contributed by atoms with E-state index in [1.807, 2.05) is 33.0 Å². The van der Waals surface area contributed by atoms with Gasteiger partial charge in [0, 0.05) is 49.2 Å². The van der Waals surface area contributed by atoms with E-state index in [0.717, 1.165) is 5.56 Å². The zero-order valence-corrected chi connectivity index (χ0v) is 24.7. The number of benzene rings is 2. The highest BCUT2D eigenvalue weighted by atomic mass is 32.2. The quantitative estimate of drug-likeness (QED) is 0.374. The number of carbonyl (C=O) groups excluding carboxylic acids is 1. The van der Waals surface area contributed by atoms with E-state index in [0.29, 0.717) is 42.4 Å². The molecule has 0 spiro atoms. The van der Waals surface area contributed by atoms with Crippen molar-refractivity contribution < 1.29 is 27.8 Å². The van der Waals surface area contributed by atoms with Gasteiger partial charge in [0.05, 0.1) is 31.1 Å². The minimum Gasteiger partial charge on any atom is -0.497 e. The minimum atomic E-state index is -3.88. The molecule has 2 aromatic carbocycles. The topological polar surface area (TPSA) is 121 Å². The molecule has 1 amide bonds. The molecule has 10 nitrogen and oxygen atoms in total. The van der Waals surface area contributed by atoms with E-state index < -0.39 is 10.0 Å². The summed E-state index contributed by atoms with van der Waals surface area (Å²) in [5, 5.41) is 9.88. The molecule has 3 atom stereocenters. The van der Waals surface area contributed by atoms with Gasteiger partial charge in [0.2, 0.25) is 5.91 Å². The number of ether oxygens (including phenoxy) is 2. The number of aromatic nitrogens is 1. The number of sulfonamides is 1. The van der Waals surface area contributed by atoms with Crippen LogP contribution in [0, 0.1) is 5.92 Å². The van der Waals surface area contributed by atoms with Crippen LogP contribution in [0.15, 0.2) is 71.9 Å². The van der Waals surface area contributed by atoms with Crippen molar-refractivity contribution in [3.8, 4) is 11.5 Å². The van der Waals surface area contributed by atoms with Crippen molar-refractivity contribution in [1.29, 1.82) is 0 Å². The van der Waals surface area contributed by atoms with E-state index in [-0.39, 0.29) is 41.9 Å². The second-order valence-electron chi connectivity index (χ2n) is 10.5. The van der Waals surface area contributed by atoms with Crippen LogP contribution in [0.25, 0.3) is 0 Å². The Morgan fingerprint density at radius 2 is 1.88 bits per heavy atom. The molecule has 0 radical (unpaired) electrons. The highest BCUT2D eigenvalue weighted by Gasteiger charge is 2.31. The number of aliphatic hydroxyl groups is 1. The fourth-order valence-corrected chi connectivity index (χ4v) is 5.90. The molecule has 0 saturated carbocycles. The lowest BCUT2D eigenvalue weighted by molar-refractivity contribution is -0.134. The van der Waals surface area contributed by atoms with Crippen LogP contribution in [0.5, 0.6) is 11.5 Å². The molecule has 220 valence electrons. The summed E-state index contributed by atoms with van der Waals surface area (Å²) < 4.78 is 40.4. The fraction of sp³-hybridized carbons (Fsp3) is 0.400. The zero-order valence-electron chi connectivity index (χ0n) is 23.9. The van der Waals surface area contributed by atoms with Gasteiger partial charge in [-0.2, -0.15) is 0 Å². The number of rotatable bonds is 10. The molecule has 11 heteroatoms. The van der Waals surface area contributed by atoms with Gasteiger partial charge in [-0.15, -0.1) is 0 Å². The Bertz CT molecular complexity index is 1420. The molecular weight excluding hydrogens is 544 g/mol. The van der Waals surface area contributed by atoms with Gasteiger partial charge in [-0.25, -0.2) is 8.42 Å². The minimum absolute atomic E-state index is 0.00404. The summed E-state index contributed by atoms with van der Waals surface area (Å²) in [7, 11) is -0.355. The number of anilines is 1. The van der Waals surface area contributed by atoms with Crippen LogP contribution in [-0.4, -0.2) is 80.2 Å². The first-order chi connectivity index (χ1) is 19.6. The van der Waals surface area contributed by atoms with Gasteiger partial charge < -0.3 is 19.5 Å². The highest BCUT2D eigenvalue weighted by Crippen LogP contribution is 2.30. The molecular formula is C30H38N4O6S. The van der Waals surface area contributed by atoms with Crippen molar-refractivity contribution in [2.75, 3.05) is 38.6 Å². The standard InChI is InChI=1S/C30H38N4O6S/c1-21-17-34(22(2)20-35)30(36)16-24-15-25(32-41(37,38)27-8-6-26(39-4)7-9-27)5-10-28(24)40-29(21)19-33(3)18-23-11-13-31-14-12-23/h5-15,21-22,29,32,35H,16-20H2,1-4H3/t21-,22-,29-/m0/s1. The van der Waals surface area contributed by atoms with Crippen LogP contribution in [0.3, 0.4) is 0 Å². The molecule has 41 heavy (non-hydrogen) atoms. The van der Waals surface area contributed by atoms with E-state index in [1.54, 1.807) is 47.6 Å². The third-order valence-electron chi connectivity index (χ3n) is 7.23. The van der Waals surface area contributed by atoms with Crippen molar-refractivity contribution in [2.45, 2.75) is 43.9 Å². The first-order valence-corrected chi connectivity index (χ1v) is 15.0. The van der Waals surface area contributed by atoms with E-state index >= 15 is 0 Å². The summed E-state index contributed by atoms with van der Waals surface area (Å²) in [6.07, 6.45) is 3.25. The lowest BCUT2D eigenvalue weighted by atomic mass is 10.0. The monoisotopic (exact) mass is 582 g/mol. The number of methoxy groups -OCH3 is 1. The van der Waals surface area contributed by atoms with Crippen molar-refractivity contribution in [3.63, 3.8) is 0 Å². The molecule has 1 aromatic heterocycles. The normalized spacial score (nSPS) is 18.5. The molecule has 0 unspecified atom stereocenters. The number of likely N-dealkylation sites (N-methyl/N-ethyl adjacent to an activating group) is 1. The van der Waals surface area contributed by atoms with Gasteiger partial charge in [-0.1, -0.05) is 6.92 Å². The summed E-state index contributed by atoms with van der Waals surface area (Å²) in [5.41, 5.74) is 2.01. The van der Waals surface area contributed by atoms with Gasteiger partial charge in [0.1, 0.15) is 17.6 Å². The largest absolute Gasteiger partial charge is 0.497 e. The molecule has 3 aromatic rings. The smallest absolute Gasteiger partial charge is 0.261 e. The predicted octanol–water partition coefficient (Wildman–Crippen LogP) is 3.17. The van der Waals surface area contributed by atoms with Crippen molar-refractivity contribution >= 4 is 21.6 Å². The zero-order chi connectivity index (χ0) is 29.6. The van der Waals surface area contributed by atoms with Gasteiger partial charge >= 0.3 is 0 Å². The number of fused-ring (bicyclic) bond motifs is 1. The Hall–Kier alpha value is -3.67. The number of nitrogens with one attached hydrogen (secondary N) is 1. The first-order valence-electron chi connectivity index (χ1n) is 13.5. The van der Waals surface area contributed by atoms with E-state index in [9.17, 15) is 18.3 Å². The van der Waals surface area contributed by atoms with Gasteiger partial charge in [0.15, 0.2) is 0 Å². The second-order valence-corrected chi connectivity index (χ2v) is 12.2. The van der Waals surface area contributed by atoms with E-state index in [4.69, 9.17) is 9.47 Å². The maximum Gasteiger partial charge on any atom is 0.261 e. The van der Waals surface area contributed by atoms with Crippen LogP contribution in [0.4, 0.5) is 5.69 Å². The molecule has 1 aliphatic rings. The molecule has 2 heterocycles. The van der Waals surface area contributed by atoms with Crippen LogP contribution in [0.1, 0.15) is 25.0 Å². The Morgan fingerprint density at radius 1 is 1.17 bits per heavy atom. The Balaban J connectivity index is 1.62. The summed E-state index contributed by atoms with van der Waals surface area (Å²) in [4.78, 5) is 21.5. The van der Waals surface area contributed by atoms with Gasteiger partial charge in [-0.3, -0.25) is 19.4 Å². The third-order valence-corrected chi connectivity index (χ3v) is 8.63. The summed E-state index contributed by atoms with van der Waals surface area (Å²) in [6.45, 7) is 5.39. The van der Waals surface area contributed by atoms with Crippen LogP contribution in [0.2, 0.25) is 0 Å². The summed E-state index contributed by atoms with van der Waals surface area (Å²) in [6, 6.07) is 14.6. The number of hydrogen-bond donors (Lipinski definition) is 2. The fourth-order valence-electron chi connectivity index (χ4n) is 4.85. The highest BCUT2D eigenvalue weighted by molar-refractivity contribution is 7.92. The Kier molecular flexibility index (Phi) is 9.85. The predicted molar refractivity (Wildman–Crippen MR) is 156 cm³/mol. The molecule has 4 rings (SSSR count). The number of nitrogens with zero attached hydrogens (tertiary/aromatic N) is 3. The van der Waals surface area contributed by atoms with Crippen LogP contribution >= 0.6 is 0 Å². The van der Waals surface area contributed by atoms with Crippen LogP contribution < -0.4 is 14.2 Å². The average molecular weight is 583 g/mol. The number of amides is 1. The van der Waals surface area contributed by atoms with Crippen molar-refractivity contribution in [1.82, 2.24) is 14.8 Å². The maximum atomic E-state index is 13.5. The number of aliphatic hydroxyl groups excluding tert-OH is 1. The van der Waals surface area contributed by atoms with Gasteiger partial charge in [0.25, 0.3) is 10.0 Å². The Labute approximate surface area is 242 Å². The molecule has 0 aliphatic carbocycles. The van der Waals surface area contributed by atoms with E-state index in [1.165, 1.54) is 19.2 Å². The maximum absolute atomic E-state index is 13.5. The van der Waals surface area contributed by atoms with E-state index in [2.05, 4.69) is 14.6 Å². The SMILES string of the molecule is COc1ccc(S(=O)(=O)Nc2ccc3c(c2)CC(=O)N([C@@H](C)CO)C[C@H](C)[C@H](CN(C)Cc2ccncc2)O3)cc1. The number of hydrogen-bond acceptors (Lipinski definition) is 8. The third kappa shape index (κ3) is 7.75. The van der Waals surface area contributed by atoms with Crippen LogP contribution in [-0.2, 0) is 27.8 Å². The molecule has 0 bridgehead atoms. The summed E-state index contributed by atoms with van der Waals surface area (Å²) >= 11 is 0. The van der Waals surface area contributed by atoms with Gasteiger partial charge in [-0.05, 0) is 74.1 Å². The van der Waals surface area contributed by atoms with Crippen molar-refractivity contribution in [2.24, 2.45) is 5.92 Å². The summed E-state index contributed by atoms with van der Waals surface area (Å²) in [5.74, 6) is 0.864. The Morgan fingerprint density at radius 3 is 2.54 bits per heavy atom. The van der Waals surface area contributed by atoms with Crippen molar-refractivity contribution in [3.05, 3.63) is 78.1 Å². The molecule has 0 fully saturated rings. The number of pyridine rings is 1. The first kappa shape index (κ1) is 30.3. The lowest BCUT2D eigenvalue weighted by Crippen LogP contribution is -2.47. The lowest BCUT2D eigenvalue weighted by Gasteiger charge is -2.34. The molecule has 0 saturated heterocycles.